The first-order chi connectivity index (χ1) is 11.7. The molecule has 0 bridgehead atoms. The number of nitrogens with zero attached hydrogens (tertiary/aromatic N) is 2. The predicted octanol–water partition coefficient (Wildman–Crippen LogP) is 0.555. The van der Waals surface area contributed by atoms with Gasteiger partial charge in [0.15, 0.2) is 0 Å². The number of fused-ring (bicyclic) bond motifs is 2. The highest BCUT2D eigenvalue weighted by Gasteiger charge is 2.36. The van der Waals surface area contributed by atoms with E-state index in [0.717, 1.165) is 25.9 Å². The lowest BCUT2D eigenvalue weighted by Gasteiger charge is -2.41. The van der Waals surface area contributed by atoms with E-state index in [4.69, 9.17) is 4.74 Å². The monoisotopic (exact) mass is 329 g/mol. The zero-order chi connectivity index (χ0) is 16.5. The number of likely N-dealkylation sites (tertiary alicyclic amines) is 1. The fourth-order valence-electron chi connectivity index (χ4n) is 3.95. The maximum atomic E-state index is 12.6. The van der Waals surface area contributed by atoms with E-state index in [2.05, 4.69) is 34.5 Å². The van der Waals surface area contributed by atoms with Crippen molar-refractivity contribution in [2.45, 2.75) is 31.4 Å². The van der Waals surface area contributed by atoms with Crippen molar-refractivity contribution >= 4 is 17.5 Å². The van der Waals surface area contributed by atoms with Crippen LogP contribution in [0.3, 0.4) is 0 Å². The van der Waals surface area contributed by atoms with Gasteiger partial charge in [-0.15, -0.1) is 0 Å². The molecule has 6 nitrogen and oxygen atoms in total. The number of morpholine rings is 1. The van der Waals surface area contributed by atoms with Gasteiger partial charge in [0.25, 0.3) is 0 Å². The van der Waals surface area contributed by atoms with Gasteiger partial charge in [0, 0.05) is 38.3 Å². The van der Waals surface area contributed by atoms with Crippen molar-refractivity contribution in [1.29, 1.82) is 0 Å². The maximum absolute atomic E-state index is 12.6. The van der Waals surface area contributed by atoms with E-state index in [1.807, 2.05) is 4.90 Å². The molecule has 6 heteroatoms. The molecule has 1 aromatic rings. The lowest BCUT2D eigenvalue weighted by molar-refractivity contribution is -0.146. The number of rotatable bonds is 3. The molecule has 0 radical (unpaired) electrons. The van der Waals surface area contributed by atoms with E-state index in [-0.39, 0.29) is 30.6 Å². The van der Waals surface area contributed by atoms with Gasteiger partial charge >= 0.3 is 0 Å². The van der Waals surface area contributed by atoms with Crippen LogP contribution in [0, 0.1) is 0 Å². The zero-order valence-corrected chi connectivity index (χ0v) is 13.7. The molecule has 2 amide bonds. The lowest BCUT2D eigenvalue weighted by atomic mass is 10.00. The Bertz CT molecular complexity index is 648. The van der Waals surface area contributed by atoms with Crippen LogP contribution in [0.15, 0.2) is 24.3 Å². The van der Waals surface area contributed by atoms with Crippen LogP contribution in [0.25, 0.3) is 0 Å². The fraction of sp³-hybridized carbons (Fsp3) is 0.556. The summed E-state index contributed by atoms with van der Waals surface area (Å²) in [5, 5.41) is 2.95. The van der Waals surface area contributed by atoms with Gasteiger partial charge in [0.2, 0.25) is 11.8 Å². The third kappa shape index (κ3) is 2.98. The first-order valence-corrected chi connectivity index (χ1v) is 8.72. The van der Waals surface area contributed by atoms with Gasteiger partial charge in [-0.3, -0.25) is 9.59 Å². The molecule has 4 rings (SSSR count). The van der Waals surface area contributed by atoms with Crippen molar-refractivity contribution in [3.05, 3.63) is 29.8 Å². The number of para-hydroxylation sites is 1. The second kappa shape index (κ2) is 6.43. The molecular weight excluding hydrogens is 306 g/mol. The van der Waals surface area contributed by atoms with Crippen LogP contribution in [-0.4, -0.2) is 61.6 Å². The summed E-state index contributed by atoms with van der Waals surface area (Å²) in [6, 6.07) is 8.35. The molecule has 0 saturated carbocycles. The van der Waals surface area contributed by atoms with Gasteiger partial charge in [-0.25, -0.2) is 0 Å². The van der Waals surface area contributed by atoms with Crippen LogP contribution in [0.4, 0.5) is 5.69 Å². The van der Waals surface area contributed by atoms with Crippen molar-refractivity contribution < 1.29 is 14.3 Å². The van der Waals surface area contributed by atoms with Crippen LogP contribution in [0.2, 0.25) is 0 Å². The van der Waals surface area contributed by atoms with Crippen molar-refractivity contribution in [3.8, 4) is 0 Å². The molecule has 1 N–H and O–H groups in total. The minimum Gasteiger partial charge on any atom is -0.370 e. The summed E-state index contributed by atoms with van der Waals surface area (Å²) in [6.45, 7) is 3.16. The van der Waals surface area contributed by atoms with Gasteiger partial charge in [-0.05, 0) is 24.5 Å². The molecule has 0 spiro atoms. The highest BCUT2D eigenvalue weighted by Crippen LogP contribution is 2.27. The summed E-state index contributed by atoms with van der Waals surface area (Å²) in [7, 11) is 0. The number of carbonyl (C=O) groups is 2. The molecule has 3 heterocycles. The maximum Gasteiger partial charge on any atom is 0.246 e. The molecule has 2 atom stereocenters. The summed E-state index contributed by atoms with van der Waals surface area (Å²) in [5.74, 6) is 0.0804. The minimum absolute atomic E-state index is 0.0530. The molecule has 0 aliphatic carbocycles. The SMILES string of the molecule is O=C1CO[C@@H]2CCN(C(=O)CCN3CCc4ccccc43)C[C@@H]2N1. The van der Waals surface area contributed by atoms with Crippen LogP contribution in [-0.2, 0) is 20.7 Å². The van der Waals surface area contributed by atoms with Crippen LogP contribution in [0.1, 0.15) is 18.4 Å². The topological polar surface area (TPSA) is 61.9 Å². The van der Waals surface area contributed by atoms with Crippen molar-refractivity contribution in [2.75, 3.05) is 37.7 Å². The van der Waals surface area contributed by atoms with Crippen molar-refractivity contribution in [1.82, 2.24) is 10.2 Å². The van der Waals surface area contributed by atoms with E-state index in [0.29, 0.717) is 19.5 Å². The number of nitrogens with one attached hydrogen (secondary N) is 1. The van der Waals surface area contributed by atoms with Crippen molar-refractivity contribution in [2.24, 2.45) is 0 Å². The molecule has 24 heavy (non-hydrogen) atoms. The fourth-order valence-corrected chi connectivity index (χ4v) is 3.95. The second-order valence-electron chi connectivity index (χ2n) is 6.77. The highest BCUT2D eigenvalue weighted by molar-refractivity contribution is 5.79. The molecule has 3 aliphatic rings. The average Bonchev–Trinajstić information content (AvgIpc) is 3.02. The van der Waals surface area contributed by atoms with Crippen LogP contribution >= 0.6 is 0 Å². The normalized spacial score (nSPS) is 25.9. The number of anilines is 1. The quantitative estimate of drug-likeness (QED) is 0.880. The molecular formula is C18H23N3O3. The van der Waals surface area contributed by atoms with E-state index in [9.17, 15) is 9.59 Å². The summed E-state index contributed by atoms with van der Waals surface area (Å²) in [5.41, 5.74) is 2.63. The van der Waals surface area contributed by atoms with Gasteiger partial charge in [-0.2, -0.15) is 0 Å². The predicted molar refractivity (Wildman–Crippen MR) is 89.8 cm³/mol. The Balaban J connectivity index is 1.32. The minimum atomic E-state index is -0.0841. The van der Waals surface area contributed by atoms with Crippen molar-refractivity contribution in [3.63, 3.8) is 0 Å². The van der Waals surface area contributed by atoms with E-state index in [1.54, 1.807) is 0 Å². The van der Waals surface area contributed by atoms with Gasteiger partial charge < -0.3 is 19.9 Å². The number of carbonyl (C=O) groups excluding carboxylic acids is 2. The highest BCUT2D eigenvalue weighted by atomic mass is 16.5. The summed E-state index contributed by atoms with van der Waals surface area (Å²) < 4.78 is 5.54. The molecule has 2 saturated heterocycles. The smallest absolute Gasteiger partial charge is 0.246 e. The Kier molecular flexibility index (Phi) is 4.14. The molecule has 3 aliphatic heterocycles. The Morgan fingerprint density at radius 2 is 2.17 bits per heavy atom. The lowest BCUT2D eigenvalue weighted by Crippen LogP contribution is -2.61. The summed E-state index contributed by atoms with van der Waals surface area (Å²) in [6.07, 6.45) is 2.42. The molecule has 0 aromatic heterocycles. The first kappa shape index (κ1) is 15.4. The molecule has 1 aromatic carbocycles. The second-order valence-corrected chi connectivity index (χ2v) is 6.77. The molecule has 128 valence electrons. The third-order valence-corrected chi connectivity index (χ3v) is 5.26. The number of hydrogen-bond acceptors (Lipinski definition) is 4. The summed E-state index contributed by atoms with van der Waals surface area (Å²) >= 11 is 0. The largest absolute Gasteiger partial charge is 0.370 e. The molecule has 2 fully saturated rings. The van der Waals surface area contributed by atoms with Gasteiger partial charge in [0.1, 0.15) is 6.61 Å². The van der Waals surface area contributed by atoms with Gasteiger partial charge in [0.05, 0.1) is 12.1 Å². The molecule has 0 unspecified atom stereocenters. The van der Waals surface area contributed by atoms with Crippen LogP contribution < -0.4 is 10.2 Å². The van der Waals surface area contributed by atoms with Gasteiger partial charge in [-0.1, -0.05) is 18.2 Å². The number of hydrogen-bond donors (Lipinski definition) is 1. The number of benzene rings is 1. The Morgan fingerprint density at radius 3 is 3.08 bits per heavy atom. The number of piperidine rings is 1. The first-order valence-electron chi connectivity index (χ1n) is 8.72. The summed E-state index contributed by atoms with van der Waals surface area (Å²) in [4.78, 5) is 28.2. The Hall–Kier alpha value is -2.08. The van der Waals surface area contributed by atoms with E-state index < -0.39 is 0 Å². The Morgan fingerprint density at radius 1 is 1.29 bits per heavy atom. The van der Waals surface area contributed by atoms with Crippen LogP contribution in [0.5, 0.6) is 0 Å². The van der Waals surface area contributed by atoms with E-state index >= 15 is 0 Å². The average molecular weight is 329 g/mol. The third-order valence-electron chi connectivity index (χ3n) is 5.26. The Labute approximate surface area is 141 Å². The standard InChI is InChI=1S/C18H23N3O3/c22-17-12-24-16-6-9-21(11-14(16)19-17)18(23)7-10-20-8-5-13-3-1-2-4-15(13)20/h1-4,14,16H,5-12H2,(H,19,22)/t14-,16+/m0/s1. The number of ether oxygens (including phenoxy) is 1. The van der Waals surface area contributed by atoms with E-state index in [1.165, 1.54) is 11.3 Å². The zero-order valence-electron chi connectivity index (χ0n) is 13.7. The number of amides is 2.